The Morgan fingerprint density at radius 2 is 1.92 bits per heavy atom. The van der Waals surface area contributed by atoms with Gasteiger partial charge in [0.05, 0.1) is 5.92 Å². The number of nitrogen functional groups attached to an aromatic ring is 1. The second kappa shape index (κ2) is 7.00. The van der Waals surface area contributed by atoms with E-state index in [0.717, 1.165) is 12.0 Å². The number of benzene rings is 1. The molecule has 1 aliphatic rings. The van der Waals surface area contributed by atoms with Gasteiger partial charge < -0.3 is 16.2 Å². The lowest BCUT2D eigenvalue weighted by atomic mass is 9.81. The molecule has 6 nitrogen and oxygen atoms in total. The van der Waals surface area contributed by atoms with Crippen molar-refractivity contribution in [3.05, 3.63) is 30.3 Å². The molecule has 1 heterocycles. The van der Waals surface area contributed by atoms with Gasteiger partial charge in [-0.25, -0.2) is 4.98 Å². The van der Waals surface area contributed by atoms with Gasteiger partial charge in [0.2, 0.25) is 5.91 Å². The van der Waals surface area contributed by atoms with Crippen LogP contribution in [0.2, 0.25) is 0 Å². The molecule has 0 bridgehead atoms. The van der Waals surface area contributed by atoms with Crippen molar-refractivity contribution >= 4 is 33.3 Å². The molecule has 2 aromatic rings. The van der Waals surface area contributed by atoms with Crippen molar-refractivity contribution in [1.82, 2.24) is 4.98 Å². The fraction of sp³-hybridized carbons (Fsp3) is 0.353. The molecule has 24 heavy (non-hydrogen) atoms. The van der Waals surface area contributed by atoms with Gasteiger partial charge in [0.25, 0.3) is 0 Å². The molecule has 0 saturated heterocycles. The molecular formula is C17H19N3O3S. The zero-order valence-corrected chi connectivity index (χ0v) is 13.9. The molecule has 1 amide bonds. The van der Waals surface area contributed by atoms with E-state index in [2.05, 4.69) is 10.3 Å². The number of hydrogen-bond donors (Lipinski definition) is 3. The normalized spacial score (nSPS) is 20.5. The smallest absolute Gasteiger partial charge is 0.306 e. The minimum absolute atomic E-state index is 0.172. The lowest BCUT2D eigenvalue weighted by molar-refractivity contribution is -0.143. The van der Waals surface area contributed by atoms with Gasteiger partial charge in [-0.05, 0) is 19.3 Å². The topological polar surface area (TPSA) is 105 Å². The first kappa shape index (κ1) is 16.4. The van der Waals surface area contributed by atoms with E-state index in [-0.39, 0.29) is 11.8 Å². The van der Waals surface area contributed by atoms with Gasteiger partial charge in [-0.1, -0.05) is 48.1 Å². The van der Waals surface area contributed by atoms with Gasteiger partial charge in [-0.3, -0.25) is 9.59 Å². The molecule has 1 aromatic heterocycles. The zero-order chi connectivity index (χ0) is 17.1. The van der Waals surface area contributed by atoms with E-state index < -0.39 is 11.9 Å². The Hall–Kier alpha value is -2.41. The van der Waals surface area contributed by atoms with E-state index in [1.165, 1.54) is 11.3 Å². The number of carbonyl (C=O) groups excluding carboxylic acids is 1. The van der Waals surface area contributed by atoms with Crippen LogP contribution in [0.3, 0.4) is 0 Å². The van der Waals surface area contributed by atoms with Crippen molar-refractivity contribution in [2.75, 3.05) is 11.1 Å². The molecule has 2 atom stereocenters. The van der Waals surface area contributed by atoms with Gasteiger partial charge in [-0.2, -0.15) is 0 Å². The lowest BCUT2D eigenvalue weighted by Crippen LogP contribution is -2.30. The number of nitrogens with two attached hydrogens (primary N) is 1. The maximum atomic E-state index is 12.4. The molecule has 0 aliphatic heterocycles. The van der Waals surface area contributed by atoms with Crippen molar-refractivity contribution in [3.8, 4) is 11.3 Å². The first-order valence-corrected chi connectivity index (χ1v) is 8.71. The highest BCUT2D eigenvalue weighted by atomic mass is 32.1. The van der Waals surface area contributed by atoms with Crippen molar-refractivity contribution < 1.29 is 14.7 Å². The Kier molecular flexibility index (Phi) is 4.80. The third-order valence-electron chi connectivity index (χ3n) is 4.32. The summed E-state index contributed by atoms with van der Waals surface area (Å²) < 4.78 is 0. The van der Waals surface area contributed by atoms with Crippen LogP contribution in [0.15, 0.2) is 30.3 Å². The molecule has 0 radical (unpaired) electrons. The average molecular weight is 345 g/mol. The molecule has 126 valence electrons. The maximum Gasteiger partial charge on any atom is 0.306 e. The summed E-state index contributed by atoms with van der Waals surface area (Å²) in [7, 11) is 0. The van der Waals surface area contributed by atoms with Crippen LogP contribution < -0.4 is 11.1 Å². The first-order chi connectivity index (χ1) is 11.5. The molecule has 1 aliphatic carbocycles. The molecule has 1 fully saturated rings. The first-order valence-electron chi connectivity index (χ1n) is 7.90. The van der Waals surface area contributed by atoms with Crippen molar-refractivity contribution in [2.24, 2.45) is 11.8 Å². The van der Waals surface area contributed by atoms with E-state index in [0.29, 0.717) is 35.1 Å². The summed E-state index contributed by atoms with van der Waals surface area (Å²) in [6, 6.07) is 9.54. The highest BCUT2D eigenvalue weighted by Gasteiger charge is 2.31. The van der Waals surface area contributed by atoms with E-state index in [4.69, 9.17) is 10.8 Å². The van der Waals surface area contributed by atoms with Crippen LogP contribution in [-0.4, -0.2) is 22.0 Å². The largest absolute Gasteiger partial charge is 0.481 e. The van der Waals surface area contributed by atoms with Gasteiger partial charge in [0, 0.05) is 11.5 Å². The number of nitrogens with one attached hydrogen (secondary N) is 1. The van der Waals surface area contributed by atoms with Crippen LogP contribution in [0.1, 0.15) is 25.7 Å². The molecule has 4 N–H and O–H groups in total. The number of rotatable bonds is 4. The number of carboxylic acid groups (broad SMARTS) is 1. The van der Waals surface area contributed by atoms with E-state index >= 15 is 0 Å². The van der Waals surface area contributed by atoms with Gasteiger partial charge >= 0.3 is 5.97 Å². The van der Waals surface area contributed by atoms with E-state index in [1.807, 2.05) is 30.3 Å². The summed E-state index contributed by atoms with van der Waals surface area (Å²) in [4.78, 5) is 28.0. The Morgan fingerprint density at radius 3 is 2.62 bits per heavy atom. The number of amides is 1. The third kappa shape index (κ3) is 3.56. The molecule has 1 saturated carbocycles. The van der Waals surface area contributed by atoms with E-state index in [9.17, 15) is 9.59 Å². The highest BCUT2D eigenvalue weighted by Crippen LogP contribution is 2.35. The maximum absolute atomic E-state index is 12.4. The standard InChI is InChI=1S/C17H19N3O3S/c18-14-13(10-5-2-1-3-6-10)19-17(24-14)20-15(21)11-7-4-8-12(9-11)16(22)23/h1-3,5-6,11-12H,4,7-9,18H2,(H,22,23)(H,19,20,21)/t11?,12-/m1/s1. The van der Waals surface area contributed by atoms with Crippen LogP contribution in [0.25, 0.3) is 11.3 Å². The fourth-order valence-electron chi connectivity index (χ4n) is 3.05. The minimum Gasteiger partial charge on any atom is -0.481 e. The summed E-state index contributed by atoms with van der Waals surface area (Å²) >= 11 is 1.23. The zero-order valence-electron chi connectivity index (χ0n) is 13.1. The third-order valence-corrected chi connectivity index (χ3v) is 5.12. The quantitative estimate of drug-likeness (QED) is 0.789. The summed E-state index contributed by atoms with van der Waals surface area (Å²) in [5, 5.41) is 12.9. The highest BCUT2D eigenvalue weighted by molar-refractivity contribution is 7.20. The van der Waals surface area contributed by atoms with Crippen LogP contribution in [0.5, 0.6) is 0 Å². The number of nitrogens with zero attached hydrogens (tertiary/aromatic N) is 1. The van der Waals surface area contributed by atoms with Gasteiger partial charge in [-0.15, -0.1) is 0 Å². The summed E-state index contributed by atoms with van der Waals surface area (Å²) in [5.41, 5.74) is 7.57. The Bertz CT molecular complexity index is 745. The van der Waals surface area contributed by atoms with Crippen LogP contribution >= 0.6 is 11.3 Å². The predicted molar refractivity (Wildman–Crippen MR) is 93.7 cm³/mol. The van der Waals surface area contributed by atoms with Crippen LogP contribution in [0.4, 0.5) is 10.1 Å². The number of anilines is 2. The second-order valence-electron chi connectivity index (χ2n) is 5.99. The van der Waals surface area contributed by atoms with Crippen LogP contribution in [-0.2, 0) is 9.59 Å². The van der Waals surface area contributed by atoms with Crippen molar-refractivity contribution in [1.29, 1.82) is 0 Å². The molecule has 0 spiro atoms. The lowest BCUT2D eigenvalue weighted by Gasteiger charge is -2.25. The number of carbonyl (C=O) groups is 2. The molecule has 3 rings (SSSR count). The van der Waals surface area contributed by atoms with E-state index in [1.54, 1.807) is 0 Å². The minimum atomic E-state index is -0.822. The SMILES string of the molecule is Nc1sc(NC(=O)C2CCC[C@@H](C(=O)O)C2)nc1-c1ccccc1. The second-order valence-corrected chi connectivity index (χ2v) is 7.02. The average Bonchev–Trinajstić information content (AvgIpc) is 2.96. The molecule has 7 heteroatoms. The number of thiazole rings is 1. The molecule has 1 aromatic carbocycles. The van der Waals surface area contributed by atoms with Crippen molar-refractivity contribution in [3.63, 3.8) is 0 Å². The van der Waals surface area contributed by atoms with Crippen LogP contribution in [0, 0.1) is 11.8 Å². The molecule has 1 unspecified atom stereocenters. The summed E-state index contributed by atoms with van der Waals surface area (Å²) in [5.74, 6) is -1.72. The Labute approximate surface area is 143 Å². The van der Waals surface area contributed by atoms with Gasteiger partial charge in [0.15, 0.2) is 5.13 Å². The molecular weight excluding hydrogens is 326 g/mol. The Morgan fingerprint density at radius 1 is 1.21 bits per heavy atom. The Balaban J connectivity index is 1.70. The predicted octanol–water partition coefficient (Wildman–Crippen LogP) is 3.22. The number of aromatic nitrogens is 1. The van der Waals surface area contributed by atoms with Gasteiger partial charge in [0.1, 0.15) is 10.7 Å². The number of carboxylic acids is 1. The number of hydrogen-bond acceptors (Lipinski definition) is 5. The summed E-state index contributed by atoms with van der Waals surface area (Å²) in [6.07, 6.45) is 2.49. The number of aliphatic carboxylic acids is 1. The monoisotopic (exact) mass is 345 g/mol. The van der Waals surface area contributed by atoms with Crippen molar-refractivity contribution in [2.45, 2.75) is 25.7 Å². The fourth-order valence-corrected chi connectivity index (χ4v) is 3.80. The summed E-state index contributed by atoms with van der Waals surface area (Å²) in [6.45, 7) is 0.